The quantitative estimate of drug-likeness (QED) is 0.781. The first-order valence-electron chi connectivity index (χ1n) is 6.90. The summed E-state index contributed by atoms with van der Waals surface area (Å²) in [6.07, 6.45) is 6.06. The Hall–Kier alpha value is -1.31. The second-order valence-corrected chi connectivity index (χ2v) is 5.12. The van der Waals surface area contributed by atoms with Crippen LogP contribution in [0.5, 0.6) is 0 Å². The zero-order chi connectivity index (χ0) is 13.1. The molecule has 1 aromatic rings. The number of aryl methyl sites for hydroxylation is 1. The molecule has 98 valence electrons. The van der Waals surface area contributed by atoms with Gasteiger partial charge >= 0.3 is 0 Å². The van der Waals surface area contributed by atoms with E-state index in [0.717, 1.165) is 36.8 Å². The van der Waals surface area contributed by atoms with Crippen molar-refractivity contribution >= 4 is 5.69 Å². The van der Waals surface area contributed by atoms with Crippen molar-refractivity contribution < 1.29 is 4.39 Å². The number of fused-ring (bicyclic) bond motifs is 1. The van der Waals surface area contributed by atoms with Crippen molar-refractivity contribution in [2.75, 3.05) is 5.32 Å². The molecule has 0 spiro atoms. The van der Waals surface area contributed by atoms with Crippen molar-refractivity contribution in [2.45, 2.75) is 45.6 Å². The summed E-state index contributed by atoms with van der Waals surface area (Å²) in [4.78, 5) is 0. The normalized spacial score (nSPS) is 22.2. The highest BCUT2D eigenvalue weighted by atomic mass is 19.1. The summed E-state index contributed by atoms with van der Waals surface area (Å²) in [7, 11) is 0. The average Bonchev–Trinajstić information content (AvgIpc) is 2.38. The van der Waals surface area contributed by atoms with Gasteiger partial charge in [-0.25, -0.2) is 4.39 Å². The Labute approximate surface area is 109 Å². The first kappa shape index (κ1) is 13.1. The van der Waals surface area contributed by atoms with Crippen molar-refractivity contribution in [1.29, 1.82) is 0 Å². The van der Waals surface area contributed by atoms with E-state index >= 15 is 0 Å². The van der Waals surface area contributed by atoms with E-state index in [2.05, 4.69) is 31.8 Å². The van der Waals surface area contributed by atoms with Crippen molar-refractivity contribution in [3.63, 3.8) is 0 Å². The van der Waals surface area contributed by atoms with Crippen LogP contribution in [-0.2, 0) is 12.8 Å². The van der Waals surface area contributed by atoms with E-state index in [1.54, 1.807) is 6.07 Å². The maximum Gasteiger partial charge on any atom is 0.146 e. The third kappa shape index (κ3) is 2.43. The highest BCUT2D eigenvalue weighted by molar-refractivity contribution is 5.57. The van der Waals surface area contributed by atoms with Crippen LogP contribution < -0.4 is 5.32 Å². The molecular weight excluding hydrogens is 225 g/mol. The molecule has 2 rings (SSSR count). The Morgan fingerprint density at radius 2 is 2.22 bits per heavy atom. The summed E-state index contributed by atoms with van der Waals surface area (Å²) in [5.74, 6) is 0.414. The lowest BCUT2D eigenvalue weighted by Crippen LogP contribution is -2.34. The van der Waals surface area contributed by atoms with Crippen LogP contribution in [0.4, 0.5) is 10.1 Å². The van der Waals surface area contributed by atoms with Gasteiger partial charge in [0.25, 0.3) is 0 Å². The van der Waals surface area contributed by atoms with Crippen LogP contribution in [0.15, 0.2) is 24.8 Å². The van der Waals surface area contributed by atoms with Gasteiger partial charge in [-0.15, -0.1) is 6.58 Å². The summed E-state index contributed by atoms with van der Waals surface area (Å²) in [5, 5.41) is 3.31. The molecule has 0 aromatic heterocycles. The van der Waals surface area contributed by atoms with Gasteiger partial charge < -0.3 is 5.32 Å². The average molecular weight is 247 g/mol. The van der Waals surface area contributed by atoms with Crippen LogP contribution in [0.1, 0.15) is 37.8 Å². The number of nitrogens with one attached hydrogen (secondary N) is 1. The van der Waals surface area contributed by atoms with Gasteiger partial charge in [0.1, 0.15) is 5.82 Å². The van der Waals surface area contributed by atoms with E-state index in [1.165, 1.54) is 0 Å². The molecule has 18 heavy (non-hydrogen) atoms. The number of anilines is 1. The van der Waals surface area contributed by atoms with E-state index in [-0.39, 0.29) is 11.9 Å². The Kier molecular flexibility index (Phi) is 4.05. The molecular formula is C16H22FN. The predicted molar refractivity (Wildman–Crippen MR) is 75.5 cm³/mol. The molecule has 0 aliphatic carbocycles. The number of rotatable bonds is 4. The molecule has 1 heterocycles. The minimum absolute atomic E-state index is 0.119. The van der Waals surface area contributed by atoms with E-state index in [9.17, 15) is 4.39 Å². The lowest BCUT2D eigenvalue weighted by molar-refractivity contribution is 0.434. The third-order valence-electron chi connectivity index (χ3n) is 3.85. The summed E-state index contributed by atoms with van der Waals surface area (Å²) in [6.45, 7) is 8.12. The number of benzene rings is 1. The van der Waals surface area contributed by atoms with Crippen LogP contribution in [-0.4, -0.2) is 6.04 Å². The molecule has 1 aliphatic heterocycles. The van der Waals surface area contributed by atoms with Crippen molar-refractivity contribution in [3.05, 3.63) is 41.7 Å². The van der Waals surface area contributed by atoms with Crippen LogP contribution in [0.25, 0.3) is 0 Å². The molecule has 2 heteroatoms. The fraction of sp³-hybridized carbons (Fsp3) is 0.500. The van der Waals surface area contributed by atoms with Gasteiger partial charge in [0.2, 0.25) is 0 Å². The molecule has 2 atom stereocenters. The number of hydrogen-bond donors (Lipinski definition) is 1. The molecule has 0 fully saturated rings. The minimum Gasteiger partial charge on any atom is -0.376 e. The summed E-state index contributed by atoms with van der Waals surface area (Å²) in [6, 6.07) is 3.99. The molecule has 1 aliphatic rings. The van der Waals surface area contributed by atoms with Crippen LogP contribution in [0.3, 0.4) is 0 Å². The zero-order valence-electron chi connectivity index (χ0n) is 11.3. The van der Waals surface area contributed by atoms with Crippen LogP contribution in [0, 0.1) is 11.7 Å². The van der Waals surface area contributed by atoms with Crippen LogP contribution in [0.2, 0.25) is 0 Å². The number of halogens is 1. The van der Waals surface area contributed by atoms with E-state index in [0.29, 0.717) is 11.6 Å². The Bertz CT molecular complexity index is 439. The van der Waals surface area contributed by atoms with Crippen molar-refractivity contribution in [2.24, 2.45) is 5.92 Å². The summed E-state index contributed by atoms with van der Waals surface area (Å²) < 4.78 is 14.0. The van der Waals surface area contributed by atoms with E-state index in [4.69, 9.17) is 0 Å². The Morgan fingerprint density at radius 3 is 2.83 bits per heavy atom. The maximum absolute atomic E-state index is 14.0. The summed E-state index contributed by atoms with van der Waals surface area (Å²) in [5.41, 5.74) is 2.90. The van der Waals surface area contributed by atoms with Gasteiger partial charge in [-0.2, -0.15) is 0 Å². The van der Waals surface area contributed by atoms with Gasteiger partial charge in [0, 0.05) is 6.04 Å². The molecule has 0 saturated carbocycles. The zero-order valence-corrected chi connectivity index (χ0v) is 11.3. The highest BCUT2D eigenvalue weighted by Crippen LogP contribution is 2.34. The third-order valence-corrected chi connectivity index (χ3v) is 3.85. The Morgan fingerprint density at radius 1 is 1.44 bits per heavy atom. The monoisotopic (exact) mass is 247 g/mol. The second-order valence-electron chi connectivity index (χ2n) is 5.12. The fourth-order valence-electron chi connectivity index (χ4n) is 2.85. The van der Waals surface area contributed by atoms with Crippen LogP contribution >= 0.6 is 0 Å². The van der Waals surface area contributed by atoms with Gasteiger partial charge in [0.05, 0.1) is 5.69 Å². The second kappa shape index (κ2) is 5.55. The molecule has 1 aromatic carbocycles. The molecule has 1 nitrogen and oxygen atoms in total. The first-order valence-corrected chi connectivity index (χ1v) is 6.90. The molecule has 1 N–H and O–H groups in total. The molecule has 0 radical (unpaired) electrons. The molecule has 0 unspecified atom stereocenters. The summed E-state index contributed by atoms with van der Waals surface area (Å²) >= 11 is 0. The van der Waals surface area contributed by atoms with Gasteiger partial charge in [-0.1, -0.05) is 32.4 Å². The van der Waals surface area contributed by atoms with Gasteiger partial charge in [0.15, 0.2) is 0 Å². The molecule has 0 amide bonds. The largest absolute Gasteiger partial charge is 0.376 e. The highest BCUT2D eigenvalue weighted by Gasteiger charge is 2.27. The lowest BCUT2D eigenvalue weighted by atomic mass is 9.83. The van der Waals surface area contributed by atoms with E-state index in [1.807, 2.05) is 6.08 Å². The molecule has 0 bridgehead atoms. The van der Waals surface area contributed by atoms with Crippen molar-refractivity contribution in [3.8, 4) is 0 Å². The lowest BCUT2D eigenvalue weighted by Gasteiger charge is -2.33. The molecule has 0 saturated heterocycles. The van der Waals surface area contributed by atoms with Gasteiger partial charge in [-0.3, -0.25) is 0 Å². The maximum atomic E-state index is 14.0. The fourth-order valence-corrected chi connectivity index (χ4v) is 2.85. The van der Waals surface area contributed by atoms with E-state index < -0.39 is 0 Å². The predicted octanol–water partition coefficient (Wildman–Crippen LogP) is 4.33. The topological polar surface area (TPSA) is 12.0 Å². The van der Waals surface area contributed by atoms with Crippen molar-refractivity contribution in [1.82, 2.24) is 0 Å². The number of hydrogen-bond acceptors (Lipinski definition) is 1. The smallest absolute Gasteiger partial charge is 0.146 e. The SMILES string of the molecule is C=C[C@@H]1Nc2c(F)cc(CC)cc2C[C@H]1CCC. The Balaban J connectivity index is 2.35. The van der Waals surface area contributed by atoms with Gasteiger partial charge in [-0.05, 0) is 42.4 Å². The first-order chi connectivity index (χ1) is 8.69. The standard InChI is InChI=1S/C16H22FN/c1-4-7-12-10-13-8-11(5-2)9-14(17)16(13)18-15(12)6-3/h6,8-9,12,15,18H,3-5,7,10H2,1-2H3/t12-,15+/m1/s1. The minimum atomic E-state index is -0.119.